The zero-order valence-electron chi connectivity index (χ0n) is 19.9. The summed E-state index contributed by atoms with van der Waals surface area (Å²) in [5, 5.41) is 0.0964. The number of carbonyl (C=O) groups excluding carboxylic acids is 1. The fourth-order valence-electron chi connectivity index (χ4n) is 3.35. The van der Waals surface area contributed by atoms with Crippen molar-refractivity contribution in [2.45, 2.75) is 45.4 Å². The molecule has 0 spiro atoms. The maximum absolute atomic E-state index is 11.3. The first-order chi connectivity index (χ1) is 15.9. The van der Waals surface area contributed by atoms with Crippen LogP contribution in [-0.2, 0) is 4.79 Å². The first kappa shape index (κ1) is 24.6. The molecule has 0 amide bonds. The van der Waals surface area contributed by atoms with Crippen molar-refractivity contribution in [1.29, 1.82) is 0 Å². The van der Waals surface area contributed by atoms with Crippen molar-refractivity contribution in [1.82, 2.24) is 0 Å². The number of aryl methyl sites for hydroxylation is 2. The molecule has 0 fully saturated rings. The van der Waals surface area contributed by atoms with Crippen LogP contribution in [-0.4, -0.2) is 11.7 Å². The molecule has 0 aliphatic carbocycles. The molecule has 0 atom stereocenters. The molecule has 0 radical (unpaired) electrons. The van der Waals surface area contributed by atoms with E-state index in [4.69, 9.17) is 4.74 Å². The third-order valence-electron chi connectivity index (χ3n) is 5.28. The minimum absolute atomic E-state index is 0.0964. The molecule has 0 aromatic heterocycles. The van der Waals surface area contributed by atoms with Gasteiger partial charge in [-0.2, -0.15) is 0 Å². The largest absolute Gasteiger partial charge is 0.493 e. The summed E-state index contributed by atoms with van der Waals surface area (Å²) in [6, 6.07) is 20.9. The topological polar surface area (TPSA) is 26.3 Å². The van der Waals surface area contributed by atoms with Gasteiger partial charge >= 0.3 is 0 Å². The van der Waals surface area contributed by atoms with Crippen molar-refractivity contribution in [3.8, 4) is 5.75 Å². The van der Waals surface area contributed by atoms with E-state index in [0.717, 1.165) is 40.2 Å². The van der Waals surface area contributed by atoms with Crippen LogP contribution < -0.4 is 4.74 Å². The first-order valence-electron chi connectivity index (χ1n) is 11.4. The highest BCUT2D eigenvalue weighted by molar-refractivity contribution is 8.13. The summed E-state index contributed by atoms with van der Waals surface area (Å²) < 4.78 is 6.17. The summed E-state index contributed by atoms with van der Waals surface area (Å²) in [5.74, 6) is 0.901. The number of unbranched alkanes of at least 4 members (excludes halogenated alkanes) is 1. The Kier molecular flexibility index (Phi) is 9.14. The van der Waals surface area contributed by atoms with Gasteiger partial charge in [-0.1, -0.05) is 91.4 Å². The Morgan fingerprint density at radius 1 is 0.848 bits per heavy atom. The Morgan fingerprint density at radius 2 is 1.45 bits per heavy atom. The lowest BCUT2D eigenvalue weighted by atomic mass is 10.0. The lowest BCUT2D eigenvalue weighted by Gasteiger charge is -2.12. The van der Waals surface area contributed by atoms with Crippen LogP contribution in [0.4, 0.5) is 0 Å². The SMILES string of the molecule is CCCCOc1cc(C=Cc2ccc(C)cc2)c(C)cc1C=Cc1ccc(SC(C)=O)cc1. The Morgan fingerprint density at radius 3 is 2.06 bits per heavy atom. The van der Waals surface area contributed by atoms with E-state index in [1.165, 1.54) is 28.5 Å². The number of rotatable bonds is 9. The minimum atomic E-state index is 0.0964. The van der Waals surface area contributed by atoms with E-state index in [0.29, 0.717) is 6.61 Å². The molecule has 3 aromatic carbocycles. The molecule has 33 heavy (non-hydrogen) atoms. The molecule has 0 saturated carbocycles. The molecule has 0 bridgehead atoms. The second-order valence-electron chi connectivity index (χ2n) is 8.19. The monoisotopic (exact) mass is 456 g/mol. The van der Waals surface area contributed by atoms with Gasteiger partial charge in [-0.25, -0.2) is 0 Å². The normalized spacial score (nSPS) is 11.4. The predicted molar refractivity (Wildman–Crippen MR) is 144 cm³/mol. The fraction of sp³-hybridized carbons (Fsp3) is 0.233. The zero-order chi connectivity index (χ0) is 23.6. The number of ether oxygens (including phenoxy) is 1. The molecule has 3 rings (SSSR count). The van der Waals surface area contributed by atoms with E-state index in [1.54, 1.807) is 6.92 Å². The first-order valence-corrected chi connectivity index (χ1v) is 12.2. The van der Waals surface area contributed by atoms with Crippen LogP contribution in [0.2, 0.25) is 0 Å². The maximum atomic E-state index is 11.3. The highest BCUT2D eigenvalue weighted by Gasteiger charge is 2.06. The molecule has 0 aliphatic rings. The molecule has 0 heterocycles. The lowest BCUT2D eigenvalue weighted by Crippen LogP contribution is -1.99. The van der Waals surface area contributed by atoms with Crippen molar-refractivity contribution in [3.05, 3.63) is 94.0 Å². The van der Waals surface area contributed by atoms with Crippen LogP contribution >= 0.6 is 11.8 Å². The zero-order valence-corrected chi connectivity index (χ0v) is 20.7. The highest BCUT2D eigenvalue weighted by Crippen LogP contribution is 2.28. The number of carbonyl (C=O) groups is 1. The second-order valence-corrected chi connectivity index (χ2v) is 9.44. The Bertz CT molecular complexity index is 1120. The van der Waals surface area contributed by atoms with Gasteiger partial charge in [0.1, 0.15) is 5.75 Å². The number of thioether (sulfide) groups is 1. The van der Waals surface area contributed by atoms with E-state index in [2.05, 4.69) is 81.5 Å². The van der Waals surface area contributed by atoms with E-state index >= 15 is 0 Å². The maximum Gasteiger partial charge on any atom is 0.190 e. The average molecular weight is 457 g/mol. The lowest BCUT2D eigenvalue weighted by molar-refractivity contribution is -0.109. The summed E-state index contributed by atoms with van der Waals surface area (Å²) in [7, 11) is 0. The third kappa shape index (κ3) is 7.80. The molecule has 0 saturated heterocycles. The van der Waals surface area contributed by atoms with E-state index in [-0.39, 0.29) is 5.12 Å². The van der Waals surface area contributed by atoms with Gasteiger partial charge in [-0.3, -0.25) is 4.79 Å². The number of hydrogen-bond acceptors (Lipinski definition) is 3. The van der Waals surface area contributed by atoms with Gasteiger partial charge in [0.2, 0.25) is 0 Å². The quantitative estimate of drug-likeness (QED) is 0.183. The standard InChI is InChI=1S/C30H32O2S/c1-5-6-19-32-30-21-27(15-11-25-9-7-22(2)8-10-25)23(3)20-28(30)16-12-26-13-17-29(18-14-26)33-24(4)31/h7-18,20-21H,5-6,19H2,1-4H3. The van der Waals surface area contributed by atoms with Crippen LogP contribution in [0.25, 0.3) is 24.3 Å². The summed E-state index contributed by atoms with van der Waals surface area (Å²) in [6.45, 7) is 8.70. The van der Waals surface area contributed by atoms with Gasteiger partial charge in [0.05, 0.1) is 6.61 Å². The Labute approximate surface area is 202 Å². The van der Waals surface area contributed by atoms with Gasteiger partial charge < -0.3 is 4.74 Å². The number of benzene rings is 3. The van der Waals surface area contributed by atoms with Crippen LogP contribution in [0.15, 0.2) is 65.6 Å². The molecular formula is C30H32O2S. The highest BCUT2D eigenvalue weighted by atomic mass is 32.2. The van der Waals surface area contributed by atoms with E-state index in [1.807, 2.05) is 24.3 Å². The fourth-order valence-corrected chi connectivity index (χ4v) is 3.95. The second kappa shape index (κ2) is 12.3. The van der Waals surface area contributed by atoms with Crippen molar-refractivity contribution < 1.29 is 9.53 Å². The Balaban J connectivity index is 1.84. The van der Waals surface area contributed by atoms with Gasteiger partial charge in [-0.15, -0.1) is 0 Å². The smallest absolute Gasteiger partial charge is 0.190 e. The molecule has 3 heteroatoms. The summed E-state index contributed by atoms with van der Waals surface area (Å²) >= 11 is 1.25. The summed E-state index contributed by atoms with van der Waals surface area (Å²) in [5.41, 5.74) is 6.96. The van der Waals surface area contributed by atoms with Crippen molar-refractivity contribution in [2.75, 3.05) is 6.61 Å². The Hall–Kier alpha value is -3.04. The van der Waals surface area contributed by atoms with E-state index in [9.17, 15) is 4.79 Å². The minimum Gasteiger partial charge on any atom is -0.493 e. The van der Waals surface area contributed by atoms with Crippen LogP contribution in [0.1, 0.15) is 60.1 Å². The van der Waals surface area contributed by atoms with Crippen molar-refractivity contribution >= 4 is 41.2 Å². The summed E-state index contributed by atoms with van der Waals surface area (Å²) in [4.78, 5) is 12.2. The molecule has 3 aromatic rings. The van der Waals surface area contributed by atoms with Crippen LogP contribution in [0.3, 0.4) is 0 Å². The summed E-state index contributed by atoms with van der Waals surface area (Å²) in [6.07, 6.45) is 10.6. The predicted octanol–water partition coefficient (Wildman–Crippen LogP) is 8.46. The molecule has 0 aliphatic heterocycles. The van der Waals surface area contributed by atoms with Gasteiger partial charge in [0.25, 0.3) is 0 Å². The molecule has 2 nitrogen and oxygen atoms in total. The van der Waals surface area contributed by atoms with Crippen molar-refractivity contribution in [2.24, 2.45) is 0 Å². The molecule has 0 unspecified atom stereocenters. The van der Waals surface area contributed by atoms with Gasteiger partial charge in [0, 0.05) is 17.4 Å². The van der Waals surface area contributed by atoms with Crippen LogP contribution in [0.5, 0.6) is 5.75 Å². The van der Waals surface area contributed by atoms with Crippen LogP contribution in [0, 0.1) is 13.8 Å². The molecule has 170 valence electrons. The van der Waals surface area contributed by atoms with E-state index < -0.39 is 0 Å². The van der Waals surface area contributed by atoms with Crippen molar-refractivity contribution in [3.63, 3.8) is 0 Å². The average Bonchev–Trinajstić information content (AvgIpc) is 2.79. The molecule has 0 N–H and O–H groups in total. The van der Waals surface area contributed by atoms with Gasteiger partial charge in [0.15, 0.2) is 5.12 Å². The van der Waals surface area contributed by atoms with Gasteiger partial charge in [-0.05, 0) is 66.8 Å². The third-order valence-corrected chi connectivity index (χ3v) is 6.08. The number of hydrogen-bond donors (Lipinski definition) is 0. The molecular weight excluding hydrogens is 424 g/mol.